The minimum Gasteiger partial charge on any atom is -0.505 e. The van der Waals surface area contributed by atoms with Gasteiger partial charge in [0.05, 0.1) is 11.8 Å². The van der Waals surface area contributed by atoms with Crippen molar-refractivity contribution in [2.24, 2.45) is 0 Å². The lowest BCUT2D eigenvalue weighted by molar-refractivity contribution is 0.102. The lowest BCUT2D eigenvalue weighted by atomic mass is 10.2. The zero-order valence-corrected chi connectivity index (χ0v) is 8.99. The van der Waals surface area contributed by atoms with Crippen LogP contribution in [0.4, 0.5) is 10.1 Å². The Labute approximate surface area is 96.3 Å². The summed E-state index contributed by atoms with van der Waals surface area (Å²) in [5.74, 6) is -1.63. The second-order valence-electron chi connectivity index (χ2n) is 3.53. The van der Waals surface area contributed by atoms with Crippen LogP contribution in [0.3, 0.4) is 0 Å². The summed E-state index contributed by atoms with van der Waals surface area (Å²) < 4.78 is 13.0. The third kappa shape index (κ3) is 2.25. The molecular weight excluding hydrogens is 225 g/mol. The highest BCUT2D eigenvalue weighted by molar-refractivity contribution is 6.04. The van der Waals surface area contributed by atoms with Crippen molar-refractivity contribution in [2.45, 2.75) is 6.92 Å². The van der Waals surface area contributed by atoms with Gasteiger partial charge in [0, 0.05) is 17.4 Å². The first-order chi connectivity index (χ1) is 8.08. The van der Waals surface area contributed by atoms with Gasteiger partial charge in [0.2, 0.25) is 0 Å². The molecule has 1 aromatic carbocycles. The maximum absolute atomic E-state index is 13.0. The molecule has 0 bridgehead atoms. The van der Waals surface area contributed by atoms with Crippen molar-refractivity contribution in [1.29, 1.82) is 0 Å². The third-order valence-corrected chi connectivity index (χ3v) is 2.28. The summed E-state index contributed by atoms with van der Waals surface area (Å²) in [6.45, 7) is 1.71. The van der Waals surface area contributed by atoms with Gasteiger partial charge in [0.15, 0.2) is 11.6 Å². The Bertz CT molecular complexity index is 566. The highest BCUT2D eigenvalue weighted by atomic mass is 19.1. The van der Waals surface area contributed by atoms with E-state index in [9.17, 15) is 9.18 Å². The molecule has 2 aromatic rings. The molecule has 3 N–H and O–H groups in total. The van der Waals surface area contributed by atoms with Crippen LogP contribution in [0.5, 0.6) is 5.75 Å². The number of nitrogens with one attached hydrogen (secondary N) is 2. The number of phenolic OH excluding ortho intramolecular Hbond substituents is 1. The number of benzene rings is 1. The number of phenols is 1. The smallest absolute Gasteiger partial charge is 0.259 e. The topological polar surface area (TPSA) is 78.0 Å². The third-order valence-electron chi connectivity index (χ3n) is 2.28. The Morgan fingerprint density at radius 1 is 1.53 bits per heavy atom. The Kier molecular flexibility index (Phi) is 2.78. The van der Waals surface area contributed by atoms with Crippen LogP contribution < -0.4 is 5.32 Å². The maximum atomic E-state index is 13.0. The number of amides is 1. The summed E-state index contributed by atoms with van der Waals surface area (Å²) >= 11 is 0. The van der Waals surface area contributed by atoms with Crippen LogP contribution in [0, 0.1) is 12.7 Å². The van der Waals surface area contributed by atoms with Gasteiger partial charge in [-0.2, -0.15) is 5.10 Å². The molecule has 1 heterocycles. The van der Waals surface area contributed by atoms with E-state index in [0.29, 0.717) is 11.3 Å². The molecule has 0 radical (unpaired) electrons. The molecule has 5 nitrogen and oxygen atoms in total. The number of aromatic nitrogens is 2. The number of halogens is 1. The fourth-order valence-corrected chi connectivity index (χ4v) is 1.36. The molecule has 1 amide bonds. The normalized spacial score (nSPS) is 10.2. The van der Waals surface area contributed by atoms with Gasteiger partial charge in [-0.25, -0.2) is 4.39 Å². The number of carbonyl (C=O) groups is 1. The molecule has 0 atom stereocenters. The van der Waals surface area contributed by atoms with Crippen molar-refractivity contribution in [3.63, 3.8) is 0 Å². The Balaban J connectivity index is 2.19. The molecule has 88 valence electrons. The zero-order chi connectivity index (χ0) is 12.4. The van der Waals surface area contributed by atoms with Crippen molar-refractivity contribution in [2.75, 3.05) is 5.32 Å². The lowest BCUT2D eigenvalue weighted by Gasteiger charge is -2.04. The monoisotopic (exact) mass is 235 g/mol. The largest absolute Gasteiger partial charge is 0.505 e. The molecule has 0 unspecified atom stereocenters. The van der Waals surface area contributed by atoms with E-state index in [-0.39, 0.29) is 11.6 Å². The number of aryl methyl sites for hydroxylation is 1. The Morgan fingerprint density at radius 3 is 2.88 bits per heavy atom. The number of rotatable bonds is 2. The minimum absolute atomic E-state index is 0.269. The highest BCUT2D eigenvalue weighted by Gasteiger charge is 2.11. The minimum atomic E-state index is -0.785. The standard InChI is InChI=1S/C11H10FN3O2/c1-6-8(5-13-15-6)11(17)14-7-2-3-10(16)9(12)4-7/h2-5,16H,1H3,(H,13,15)(H,14,17). The molecule has 0 aliphatic rings. The summed E-state index contributed by atoms with van der Waals surface area (Å²) in [5.41, 5.74) is 1.28. The summed E-state index contributed by atoms with van der Waals surface area (Å²) in [5, 5.41) is 17.9. The Morgan fingerprint density at radius 2 is 2.29 bits per heavy atom. The van der Waals surface area contributed by atoms with E-state index in [2.05, 4.69) is 15.5 Å². The van der Waals surface area contributed by atoms with E-state index >= 15 is 0 Å². The zero-order valence-electron chi connectivity index (χ0n) is 8.99. The van der Waals surface area contributed by atoms with Gasteiger partial charge in [-0.1, -0.05) is 0 Å². The van der Waals surface area contributed by atoms with E-state index in [0.717, 1.165) is 6.07 Å². The van der Waals surface area contributed by atoms with Crippen molar-refractivity contribution < 1.29 is 14.3 Å². The quantitative estimate of drug-likeness (QED) is 0.695. The van der Waals surface area contributed by atoms with Crippen molar-refractivity contribution in [3.05, 3.63) is 41.5 Å². The van der Waals surface area contributed by atoms with Gasteiger partial charge in [0.1, 0.15) is 0 Å². The number of H-pyrrole nitrogens is 1. The summed E-state index contributed by atoms with van der Waals surface area (Å²) in [6, 6.07) is 3.63. The molecule has 0 fully saturated rings. The number of aromatic hydroxyl groups is 1. The van der Waals surface area contributed by atoms with Crippen LogP contribution in [0.15, 0.2) is 24.4 Å². The highest BCUT2D eigenvalue weighted by Crippen LogP contribution is 2.20. The fourth-order valence-electron chi connectivity index (χ4n) is 1.36. The molecule has 2 rings (SSSR count). The van der Waals surface area contributed by atoms with Crippen molar-refractivity contribution >= 4 is 11.6 Å². The van der Waals surface area contributed by atoms with E-state index in [1.165, 1.54) is 18.3 Å². The van der Waals surface area contributed by atoms with Crippen LogP contribution >= 0.6 is 0 Å². The summed E-state index contributed by atoms with van der Waals surface area (Å²) in [6.07, 6.45) is 1.39. The average Bonchev–Trinajstić information content (AvgIpc) is 2.70. The maximum Gasteiger partial charge on any atom is 0.259 e. The molecule has 17 heavy (non-hydrogen) atoms. The first-order valence-corrected chi connectivity index (χ1v) is 4.88. The second-order valence-corrected chi connectivity index (χ2v) is 3.53. The lowest BCUT2D eigenvalue weighted by Crippen LogP contribution is -2.12. The molecule has 1 aromatic heterocycles. The molecule has 0 aliphatic carbocycles. The van der Waals surface area contributed by atoms with Crippen LogP contribution in [-0.4, -0.2) is 21.2 Å². The predicted octanol–water partition coefficient (Wildman–Crippen LogP) is 1.82. The molecule has 0 spiro atoms. The van der Waals surface area contributed by atoms with E-state index in [4.69, 9.17) is 5.11 Å². The van der Waals surface area contributed by atoms with Crippen LogP contribution in [0.1, 0.15) is 16.1 Å². The van der Waals surface area contributed by atoms with Crippen molar-refractivity contribution in [3.8, 4) is 5.75 Å². The van der Waals surface area contributed by atoms with Gasteiger partial charge in [-0.15, -0.1) is 0 Å². The van der Waals surface area contributed by atoms with Crippen LogP contribution in [0.25, 0.3) is 0 Å². The SMILES string of the molecule is Cc1[nH]ncc1C(=O)Nc1ccc(O)c(F)c1. The second kappa shape index (κ2) is 4.25. The number of nitrogens with zero attached hydrogens (tertiary/aromatic N) is 1. The van der Waals surface area contributed by atoms with E-state index in [1.54, 1.807) is 6.92 Å². The van der Waals surface area contributed by atoms with Gasteiger partial charge in [-0.05, 0) is 19.1 Å². The first-order valence-electron chi connectivity index (χ1n) is 4.88. The fraction of sp³-hybridized carbons (Fsp3) is 0.0909. The number of aromatic amines is 1. The molecule has 6 heteroatoms. The number of anilines is 1. The van der Waals surface area contributed by atoms with Crippen molar-refractivity contribution in [1.82, 2.24) is 10.2 Å². The van der Waals surface area contributed by atoms with Crippen LogP contribution in [0.2, 0.25) is 0 Å². The summed E-state index contributed by atoms with van der Waals surface area (Å²) in [7, 11) is 0. The average molecular weight is 235 g/mol. The number of hydrogen-bond donors (Lipinski definition) is 3. The molecule has 0 aliphatic heterocycles. The van der Waals surface area contributed by atoms with Crippen LogP contribution in [-0.2, 0) is 0 Å². The summed E-state index contributed by atoms with van der Waals surface area (Å²) in [4.78, 5) is 11.7. The van der Waals surface area contributed by atoms with Gasteiger partial charge < -0.3 is 10.4 Å². The van der Waals surface area contributed by atoms with Gasteiger partial charge >= 0.3 is 0 Å². The number of carbonyl (C=O) groups excluding carboxylic acids is 1. The molecular formula is C11H10FN3O2. The van der Waals surface area contributed by atoms with Gasteiger partial charge in [-0.3, -0.25) is 9.89 Å². The molecule has 0 saturated heterocycles. The Hall–Kier alpha value is -2.37. The van der Waals surface area contributed by atoms with E-state index in [1.807, 2.05) is 0 Å². The predicted molar refractivity (Wildman–Crippen MR) is 59.3 cm³/mol. The first kappa shape index (κ1) is 11.1. The number of hydrogen-bond acceptors (Lipinski definition) is 3. The molecule has 0 saturated carbocycles. The van der Waals surface area contributed by atoms with Gasteiger partial charge in [0.25, 0.3) is 5.91 Å². The van der Waals surface area contributed by atoms with E-state index < -0.39 is 11.6 Å².